The second-order valence-electron chi connectivity index (χ2n) is 3.18. The molecule has 4 N–H and O–H groups in total. The molecule has 14 heavy (non-hydrogen) atoms. The van der Waals surface area contributed by atoms with Gasteiger partial charge in [-0.05, 0) is 18.6 Å². The van der Waals surface area contributed by atoms with Crippen molar-refractivity contribution in [2.45, 2.75) is 25.0 Å². The Morgan fingerprint density at radius 2 is 2.21 bits per heavy atom. The highest BCUT2D eigenvalue weighted by Gasteiger charge is 2.40. The van der Waals surface area contributed by atoms with Crippen molar-refractivity contribution in [3.05, 3.63) is 23.5 Å². The summed E-state index contributed by atoms with van der Waals surface area (Å²) >= 11 is 0. The van der Waals surface area contributed by atoms with Crippen LogP contribution in [0.25, 0.3) is 0 Å². The lowest BCUT2D eigenvalue weighted by molar-refractivity contribution is -0.132. The van der Waals surface area contributed by atoms with Gasteiger partial charge in [-0.2, -0.15) is 0 Å². The third-order valence-corrected chi connectivity index (χ3v) is 2.35. The van der Waals surface area contributed by atoms with Gasteiger partial charge in [0.25, 0.3) is 0 Å². The Hall–Kier alpha value is -1.33. The Labute approximate surface area is 80.6 Å². The summed E-state index contributed by atoms with van der Waals surface area (Å²) in [5.41, 5.74) is -1.99. The van der Waals surface area contributed by atoms with Crippen LogP contribution in [0.4, 0.5) is 0 Å². The molecule has 0 aromatic heterocycles. The van der Waals surface area contributed by atoms with Crippen molar-refractivity contribution in [3.63, 3.8) is 0 Å². The highest BCUT2D eigenvalue weighted by atomic mass is 16.4. The van der Waals surface area contributed by atoms with Gasteiger partial charge in [0.05, 0.1) is 5.57 Å². The monoisotopic (exact) mass is 200 g/mol. The first kappa shape index (κ1) is 10.7. The van der Waals surface area contributed by atoms with E-state index in [1.54, 1.807) is 6.92 Å². The molecule has 0 radical (unpaired) electrons. The Morgan fingerprint density at radius 1 is 1.64 bits per heavy atom. The van der Waals surface area contributed by atoms with E-state index in [1.165, 1.54) is 0 Å². The van der Waals surface area contributed by atoms with Crippen LogP contribution >= 0.6 is 0 Å². The molecule has 1 aliphatic carbocycles. The molecule has 0 fully saturated rings. The standard InChI is InChI=1S/C9H12O5/c1-2-9(14)6(10)3-5(8(12)13)4-7(9)11/h3-4,6,10-11,14H,2H2,1H3,(H,12,13). The molecule has 2 unspecified atom stereocenters. The van der Waals surface area contributed by atoms with E-state index in [9.17, 15) is 20.1 Å². The zero-order chi connectivity index (χ0) is 10.9. The van der Waals surface area contributed by atoms with Crippen LogP contribution in [0.3, 0.4) is 0 Å². The Bertz CT molecular complexity index is 317. The van der Waals surface area contributed by atoms with Crippen molar-refractivity contribution < 1.29 is 25.2 Å². The maximum atomic E-state index is 10.5. The van der Waals surface area contributed by atoms with Crippen LogP contribution in [0.2, 0.25) is 0 Å². The largest absolute Gasteiger partial charge is 0.509 e. The normalized spacial score (nSPS) is 32.1. The van der Waals surface area contributed by atoms with Crippen LogP contribution in [-0.4, -0.2) is 38.1 Å². The highest BCUT2D eigenvalue weighted by molar-refractivity contribution is 5.90. The number of hydrogen-bond donors (Lipinski definition) is 4. The quantitative estimate of drug-likeness (QED) is 0.501. The van der Waals surface area contributed by atoms with Gasteiger partial charge in [-0.15, -0.1) is 0 Å². The first-order chi connectivity index (χ1) is 6.41. The number of carbonyl (C=O) groups is 1. The molecule has 5 nitrogen and oxygen atoms in total. The highest BCUT2D eigenvalue weighted by Crippen LogP contribution is 2.29. The zero-order valence-corrected chi connectivity index (χ0v) is 7.64. The molecule has 1 aliphatic rings. The fourth-order valence-electron chi connectivity index (χ4n) is 1.30. The number of aliphatic hydroxyl groups excluding tert-OH is 2. The number of aliphatic carboxylic acids is 1. The van der Waals surface area contributed by atoms with Crippen LogP contribution in [0.15, 0.2) is 23.5 Å². The number of aliphatic hydroxyl groups is 3. The summed E-state index contributed by atoms with van der Waals surface area (Å²) in [6.45, 7) is 1.58. The van der Waals surface area contributed by atoms with Gasteiger partial charge in [0.15, 0.2) is 5.60 Å². The second kappa shape index (κ2) is 3.43. The van der Waals surface area contributed by atoms with Crippen LogP contribution in [0, 0.1) is 0 Å². The van der Waals surface area contributed by atoms with E-state index < -0.39 is 23.4 Å². The van der Waals surface area contributed by atoms with Gasteiger partial charge in [0.2, 0.25) is 0 Å². The van der Waals surface area contributed by atoms with Crippen molar-refractivity contribution >= 4 is 5.97 Å². The van der Waals surface area contributed by atoms with Crippen molar-refractivity contribution in [3.8, 4) is 0 Å². The topological polar surface area (TPSA) is 98.0 Å². The molecule has 0 aromatic rings. The van der Waals surface area contributed by atoms with Crippen LogP contribution in [0.1, 0.15) is 13.3 Å². The number of hydrogen-bond acceptors (Lipinski definition) is 4. The van der Waals surface area contributed by atoms with Crippen LogP contribution in [0.5, 0.6) is 0 Å². The summed E-state index contributed by atoms with van der Waals surface area (Å²) in [5.74, 6) is -1.78. The molecule has 0 bridgehead atoms. The fraction of sp³-hybridized carbons (Fsp3) is 0.444. The molecule has 5 heteroatoms. The van der Waals surface area contributed by atoms with Gasteiger partial charge in [-0.25, -0.2) is 4.79 Å². The van der Waals surface area contributed by atoms with Gasteiger partial charge < -0.3 is 20.4 Å². The lowest BCUT2D eigenvalue weighted by Crippen LogP contribution is -2.44. The number of carboxylic acids is 1. The van der Waals surface area contributed by atoms with E-state index in [2.05, 4.69) is 0 Å². The molecule has 1 rings (SSSR count). The van der Waals surface area contributed by atoms with E-state index in [-0.39, 0.29) is 12.0 Å². The molecule has 0 spiro atoms. The third kappa shape index (κ3) is 1.51. The molecule has 0 aromatic carbocycles. The smallest absolute Gasteiger partial charge is 0.335 e. The van der Waals surface area contributed by atoms with E-state index in [1.807, 2.05) is 0 Å². The minimum atomic E-state index is -1.76. The second-order valence-corrected chi connectivity index (χ2v) is 3.18. The molecule has 0 heterocycles. The Morgan fingerprint density at radius 3 is 2.57 bits per heavy atom. The third-order valence-electron chi connectivity index (χ3n) is 2.35. The summed E-state index contributed by atoms with van der Waals surface area (Å²) in [6, 6.07) is 0. The van der Waals surface area contributed by atoms with Crippen molar-refractivity contribution in [2.75, 3.05) is 0 Å². The summed E-state index contributed by atoms with van der Waals surface area (Å²) < 4.78 is 0. The minimum absolute atomic E-state index is 0.0971. The summed E-state index contributed by atoms with van der Waals surface area (Å²) in [5, 5.41) is 37.1. The van der Waals surface area contributed by atoms with Crippen LogP contribution < -0.4 is 0 Å². The SMILES string of the molecule is CCC1(O)C(O)=CC(C(=O)O)=CC1O. The minimum Gasteiger partial charge on any atom is -0.509 e. The molecule has 0 saturated heterocycles. The van der Waals surface area contributed by atoms with Gasteiger partial charge in [0.1, 0.15) is 11.9 Å². The predicted octanol–water partition coefficient (Wildman–Crippen LogP) is -0.0451. The molecule has 0 saturated carbocycles. The van der Waals surface area contributed by atoms with Crippen molar-refractivity contribution in [2.24, 2.45) is 0 Å². The Balaban J connectivity index is 3.09. The Kier molecular flexibility index (Phi) is 2.64. The maximum Gasteiger partial charge on any atom is 0.335 e. The maximum absolute atomic E-state index is 10.5. The molecule has 0 amide bonds. The average Bonchev–Trinajstić information content (AvgIpc) is 2.13. The summed E-state index contributed by atoms with van der Waals surface area (Å²) in [6.07, 6.45) is 0.646. The molecular weight excluding hydrogens is 188 g/mol. The first-order valence-corrected chi connectivity index (χ1v) is 4.18. The lowest BCUT2D eigenvalue weighted by Gasteiger charge is -2.32. The van der Waals surface area contributed by atoms with E-state index >= 15 is 0 Å². The van der Waals surface area contributed by atoms with Crippen LogP contribution in [-0.2, 0) is 4.79 Å². The number of carboxylic acid groups (broad SMARTS) is 1. The molecular formula is C9H12O5. The first-order valence-electron chi connectivity index (χ1n) is 4.18. The van der Waals surface area contributed by atoms with E-state index in [0.29, 0.717) is 0 Å². The zero-order valence-electron chi connectivity index (χ0n) is 7.64. The van der Waals surface area contributed by atoms with Crippen molar-refractivity contribution in [1.29, 1.82) is 0 Å². The van der Waals surface area contributed by atoms with Gasteiger partial charge in [0, 0.05) is 0 Å². The van der Waals surface area contributed by atoms with E-state index in [4.69, 9.17) is 5.11 Å². The average molecular weight is 200 g/mol. The fourth-order valence-corrected chi connectivity index (χ4v) is 1.30. The lowest BCUT2D eigenvalue weighted by atomic mass is 9.85. The molecule has 2 atom stereocenters. The van der Waals surface area contributed by atoms with Gasteiger partial charge in [-0.3, -0.25) is 0 Å². The summed E-state index contributed by atoms with van der Waals surface area (Å²) in [4.78, 5) is 10.5. The molecule has 0 aliphatic heterocycles. The van der Waals surface area contributed by atoms with Crippen molar-refractivity contribution in [1.82, 2.24) is 0 Å². The summed E-state index contributed by atoms with van der Waals surface area (Å²) in [7, 11) is 0. The molecule has 78 valence electrons. The number of rotatable bonds is 2. The predicted molar refractivity (Wildman–Crippen MR) is 47.7 cm³/mol. The van der Waals surface area contributed by atoms with E-state index in [0.717, 1.165) is 12.2 Å². The van der Waals surface area contributed by atoms with Gasteiger partial charge >= 0.3 is 5.97 Å². The van der Waals surface area contributed by atoms with Gasteiger partial charge in [-0.1, -0.05) is 6.92 Å².